The summed E-state index contributed by atoms with van der Waals surface area (Å²) < 4.78 is 0. The molecule has 3 nitrogen and oxygen atoms in total. The SMILES string of the molecule is CC(=O)CC(CC1CCN(C)CC1)N(C)C. The van der Waals surface area contributed by atoms with Gasteiger partial charge in [-0.15, -0.1) is 0 Å². The smallest absolute Gasteiger partial charge is 0.131 e. The highest BCUT2D eigenvalue weighted by Crippen LogP contribution is 2.23. The summed E-state index contributed by atoms with van der Waals surface area (Å²) in [5.74, 6) is 1.12. The van der Waals surface area contributed by atoms with Gasteiger partial charge in [-0.05, 0) is 66.3 Å². The van der Waals surface area contributed by atoms with Gasteiger partial charge in [-0.1, -0.05) is 0 Å². The van der Waals surface area contributed by atoms with E-state index in [0.29, 0.717) is 18.2 Å². The molecule has 1 fully saturated rings. The van der Waals surface area contributed by atoms with Crippen LogP contribution < -0.4 is 0 Å². The van der Waals surface area contributed by atoms with Crippen LogP contribution in [0.3, 0.4) is 0 Å². The summed E-state index contributed by atoms with van der Waals surface area (Å²) in [5, 5.41) is 0. The molecule has 0 spiro atoms. The Balaban J connectivity index is 2.39. The Kier molecular flexibility index (Phi) is 5.42. The van der Waals surface area contributed by atoms with E-state index in [0.717, 1.165) is 5.92 Å². The first kappa shape index (κ1) is 13.7. The Morgan fingerprint density at radius 3 is 2.38 bits per heavy atom. The summed E-state index contributed by atoms with van der Waals surface area (Å²) in [6.07, 6.45) is 4.47. The summed E-state index contributed by atoms with van der Waals surface area (Å²) in [6, 6.07) is 0.436. The van der Waals surface area contributed by atoms with Crippen molar-refractivity contribution in [1.82, 2.24) is 9.80 Å². The summed E-state index contributed by atoms with van der Waals surface area (Å²) in [5.41, 5.74) is 0. The van der Waals surface area contributed by atoms with Gasteiger partial charge in [0, 0.05) is 12.5 Å². The highest BCUT2D eigenvalue weighted by atomic mass is 16.1. The van der Waals surface area contributed by atoms with Crippen molar-refractivity contribution in [3.8, 4) is 0 Å². The average molecular weight is 226 g/mol. The van der Waals surface area contributed by atoms with Gasteiger partial charge in [-0.2, -0.15) is 0 Å². The maximum Gasteiger partial charge on any atom is 0.131 e. The van der Waals surface area contributed by atoms with Crippen molar-refractivity contribution in [3.63, 3.8) is 0 Å². The zero-order valence-electron chi connectivity index (χ0n) is 11.2. The molecule has 0 aliphatic carbocycles. The van der Waals surface area contributed by atoms with Crippen LogP contribution >= 0.6 is 0 Å². The molecule has 16 heavy (non-hydrogen) atoms. The van der Waals surface area contributed by atoms with Crippen LogP contribution in [-0.4, -0.2) is 55.9 Å². The molecule has 0 aromatic heterocycles. The molecule has 1 rings (SSSR count). The lowest BCUT2D eigenvalue weighted by atomic mass is 9.88. The third-order valence-corrected chi connectivity index (χ3v) is 3.70. The van der Waals surface area contributed by atoms with E-state index in [2.05, 4.69) is 30.9 Å². The Hall–Kier alpha value is -0.410. The van der Waals surface area contributed by atoms with Gasteiger partial charge in [-0.3, -0.25) is 4.79 Å². The number of nitrogens with zero attached hydrogens (tertiary/aromatic N) is 2. The second kappa shape index (κ2) is 6.36. The van der Waals surface area contributed by atoms with Crippen molar-refractivity contribution >= 4 is 5.78 Å². The summed E-state index contributed by atoms with van der Waals surface area (Å²) in [7, 11) is 6.36. The van der Waals surface area contributed by atoms with Gasteiger partial charge >= 0.3 is 0 Å². The maximum absolute atomic E-state index is 11.2. The van der Waals surface area contributed by atoms with Crippen LogP contribution in [0.5, 0.6) is 0 Å². The first-order valence-corrected chi connectivity index (χ1v) is 6.33. The van der Waals surface area contributed by atoms with Crippen LogP contribution in [0.15, 0.2) is 0 Å². The van der Waals surface area contributed by atoms with E-state index in [9.17, 15) is 4.79 Å². The third-order valence-electron chi connectivity index (χ3n) is 3.70. The third kappa shape index (κ3) is 4.62. The minimum atomic E-state index is 0.312. The van der Waals surface area contributed by atoms with Crippen molar-refractivity contribution in [2.24, 2.45) is 5.92 Å². The number of piperidine rings is 1. The number of hydrogen-bond acceptors (Lipinski definition) is 3. The van der Waals surface area contributed by atoms with E-state index in [1.54, 1.807) is 6.92 Å². The van der Waals surface area contributed by atoms with Gasteiger partial charge in [0.1, 0.15) is 5.78 Å². The molecule has 0 aromatic carbocycles. The van der Waals surface area contributed by atoms with Gasteiger partial charge in [0.05, 0.1) is 0 Å². The molecule has 1 aliphatic heterocycles. The van der Waals surface area contributed by atoms with Crippen molar-refractivity contribution in [1.29, 1.82) is 0 Å². The molecule has 0 saturated carbocycles. The topological polar surface area (TPSA) is 23.6 Å². The molecule has 0 N–H and O–H groups in total. The zero-order valence-corrected chi connectivity index (χ0v) is 11.2. The van der Waals surface area contributed by atoms with Crippen molar-refractivity contribution in [2.75, 3.05) is 34.2 Å². The Morgan fingerprint density at radius 2 is 1.94 bits per heavy atom. The van der Waals surface area contributed by atoms with Crippen molar-refractivity contribution in [3.05, 3.63) is 0 Å². The number of carbonyl (C=O) groups is 1. The molecular weight excluding hydrogens is 200 g/mol. The molecule has 1 atom stereocenters. The van der Waals surface area contributed by atoms with E-state index in [1.165, 1.54) is 32.4 Å². The van der Waals surface area contributed by atoms with E-state index in [-0.39, 0.29) is 0 Å². The van der Waals surface area contributed by atoms with Crippen LogP contribution in [0.1, 0.15) is 32.6 Å². The van der Waals surface area contributed by atoms with Crippen LogP contribution in [0.25, 0.3) is 0 Å². The zero-order chi connectivity index (χ0) is 12.1. The molecule has 1 heterocycles. The van der Waals surface area contributed by atoms with E-state index in [4.69, 9.17) is 0 Å². The quantitative estimate of drug-likeness (QED) is 0.712. The second-order valence-electron chi connectivity index (χ2n) is 5.51. The summed E-state index contributed by atoms with van der Waals surface area (Å²) in [6.45, 7) is 4.13. The number of hydrogen-bond donors (Lipinski definition) is 0. The molecule has 94 valence electrons. The Bertz CT molecular complexity index is 220. The van der Waals surface area contributed by atoms with Crippen LogP contribution in [0.2, 0.25) is 0 Å². The lowest BCUT2D eigenvalue weighted by molar-refractivity contribution is -0.118. The minimum absolute atomic E-state index is 0.312. The number of Topliss-reactive ketones (excluding diaryl/α,β-unsaturated/α-hetero) is 1. The minimum Gasteiger partial charge on any atom is -0.306 e. The fourth-order valence-corrected chi connectivity index (χ4v) is 2.49. The predicted molar refractivity (Wildman–Crippen MR) is 67.6 cm³/mol. The number of carbonyl (C=O) groups excluding carboxylic acids is 1. The van der Waals surface area contributed by atoms with Gasteiger partial charge in [-0.25, -0.2) is 0 Å². The Labute approximate surface area is 99.8 Å². The van der Waals surface area contributed by atoms with Crippen LogP contribution in [-0.2, 0) is 4.79 Å². The maximum atomic E-state index is 11.2. The predicted octanol–water partition coefficient (Wildman–Crippen LogP) is 1.63. The fourth-order valence-electron chi connectivity index (χ4n) is 2.49. The van der Waals surface area contributed by atoms with Crippen LogP contribution in [0, 0.1) is 5.92 Å². The molecule has 0 bridgehead atoms. The van der Waals surface area contributed by atoms with Crippen LogP contribution in [0.4, 0.5) is 0 Å². The van der Waals surface area contributed by atoms with Gasteiger partial charge in [0.2, 0.25) is 0 Å². The molecular formula is C13H26N2O. The first-order valence-electron chi connectivity index (χ1n) is 6.33. The molecule has 0 radical (unpaired) electrons. The van der Waals surface area contributed by atoms with E-state index in [1.807, 2.05) is 0 Å². The standard InChI is InChI=1S/C13H26N2O/c1-11(16)9-13(14(2)3)10-12-5-7-15(4)8-6-12/h12-13H,5-10H2,1-4H3. The molecule has 0 amide bonds. The summed E-state index contributed by atoms with van der Waals surface area (Å²) in [4.78, 5) is 15.8. The first-order chi connectivity index (χ1) is 7.49. The monoisotopic (exact) mass is 226 g/mol. The lowest BCUT2D eigenvalue weighted by Crippen LogP contribution is -2.36. The van der Waals surface area contributed by atoms with E-state index < -0.39 is 0 Å². The molecule has 1 saturated heterocycles. The number of likely N-dealkylation sites (tertiary alicyclic amines) is 1. The molecule has 1 aliphatic rings. The molecule has 0 aromatic rings. The van der Waals surface area contributed by atoms with Gasteiger partial charge in [0.15, 0.2) is 0 Å². The molecule has 3 heteroatoms. The molecule has 1 unspecified atom stereocenters. The van der Waals surface area contributed by atoms with E-state index >= 15 is 0 Å². The number of ketones is 1. The van der Waals surface area contributed by atoms with Crippen molar-refractivity contribution in [2.45, 2.75) is 38.6 Å². The number of rotatable bonds is 5. The largest absolute Gasteiger partial charge is 0.306 e. The highest BCUT2D eigenvalue weighted by molar-refractivity contribution is 5.76. The lowest BCUT2D eigenvalue weighted by Gasteiger charge is -2.33. The van der Waals surface area contributed by atoms with Crippen molar-refractivity contribution < 1.29 is 4.79 Å². The fraction of sp³-hybridized carbons (Fsp3) is 0.923. The average Bonchev–Trinajstić information content (AvgIpc) is 2.19. The second-order valence-corrected chi connectivity index (χ2v) is 5.51. The van der Waals surface area contributed by atoms with Gasteiger partial charge in [0.25, 0.3) is 0 Å². The Morgan fingerprint density at radius 1 is 1.38 bits per heavy atom. The highest BCUT2D eigenvalue weighted by Gasteiger charge is 2.22. The summed E-state index contributed by atoms with van der Waals surface area (Å²) >= 11 is 0. The normalized spacial score (nSPS) is 21.3. The van der Waals surface area contributed by atoms with Gasteiger partial charge < -0.3 is 9.80 Å².